The molecule has 0 atom stereocenters. The van der Waals surface area contributed by atoms with E-state index in [0.717, 1.165) is 12.3 Å². The van der Waals surface area contributed by atoms with E-state index in [9.17, 15) is 18.0 Å². The third-order valence-electron chi connectivity index (χ3n) is 2.25. The number of pyridine rings is 1. The van der Waals surface area contributed by atoms with Crippen molar-refractivity contribution in [1.29, 1.82) is 0 Å². The highest BCUT2D eigenvalue weighted by Gasteiger charge is 2.32. The van der Waals surface area contributed by atoms with Crippen molar-refractivity contribution in [3.63, 3.8) is 0 Å². The topological polar surface area (TPSA) is 42.0 Å². The maximum absolute atomic E-state index is 12.3. The SMILES string of the molecule is CC(C)(C)C(=O)NCc1ccc(C(F)(F)F)nc1. The molecule has 1 rings (SSSR count). The number of alkyl halides is 3. The maximum atomic E-state index is 12.3. The van der Waals surface area contributed by atoms with Crippen LogP contribution in [0.3, 0.4) is 0 Å². The molecule has 0 aliphatic carbocycles. The first-order valence-electron chi connectivity index (χ1n) is 5.41. The number of nitrogens with zero attached hydrogens (tertiary/aromatic N) is 1. The third-order valence-corrected chi connectivity index (χ3v) is 2.25. The van der Waals surface area contributed by atoms with Crippen LogP contribution < -0.4 is 5.32 Å². The normalized spacial score (nSPS) is 12.3. The van der Waals surface area contributed by atoms with Gasteiger partial charge in [0.15, 0.2) is 0 Å². The van der Waals surface area contributed by atoms with E-state index in [1.807, 2.05) is 0 Å². The number of aromatic nitrogens is 1. The Bertz CT molecular complexity index is 418. The Morgan fingerprint density at radius 2 is 1.89 bits per heavy atom. The van der Waals surface area contributed by atoms with Gasteiger partial charge in [-0.3, -0.25) is 9.78 Å². The molecule has 6 heteroatoms. The van der Waals surface area contributed by atoms with Crippen molar-refractivity contribution in [3.8, 4) is 0 Å². The van der Waals surface area contributed by atoms with Crippen LogP contribution >= 0.6 is 0 Å². The van der Waals surface area contributed by atoms with Gasteiger partial charge in [0.05, 0.1) is 0 Å². The second-order valence-electron chi connectivity index (χ2n) is 4.98. The van der Waals surface area contributed by atoms with Gasteiger partial charge in [-0.1, -0.05) is 26.8 Å². The van der Waals surface area contributed by atoms with Crippen LogP contribution in [-0.2, 0) is 17.5 Å². The quantitative estimate of drug-likeness (QED) is 0.888. The summed E-state index contributed by atoms with van der Waals surface area (Å²) in [4.78, 5) is 14.9. The fourth-order valence-corrected chi connectivity index (χ4v) is 1.14. The van der Waals surface area contributed by atoms with Gasteiger partial charge in [0.2, 0.25) is 5.91 Å². The number of amides is 1. The van der Waals surface area contributed by atoms with Gasteiger partial charge in [-0.15, -0.1) is 0 Å². The van der Waals surface area contributed by atoms with Crippen molar-refractivity contribution < 1.29 is 18.0 Å². The van der Waals surface area contributed by atoms with E-state index in [1.165, 1.54) is 6.07 Å². The number of carbonyl (C=O) groups excluding carboxylic acids is 1. The van der Waals surface area contributed by atoms with E-state index in [-0.39, 0.29) is 12.5 Å². The molecule has 0 radical (unpaired) electrons. The molecular formula is C12H15F3N2O. The number of rotatable bonds is 2. The number of hydrogen-bond donors (Lipinski definition) is 1. The molecule has 0 fully saturated rings. The summed E-state index contributed by atoms with van der Waals surface area (Å²) in [5.74, 6) is -0.164. The van der Waals surface area contributed by atoms with Crippen molar-refractivity contribution in [2.24, 2.45) is 5.41 Å². The molecule has 3 nitrogen and oxygen atoms in total. The number of nitrogens with one attached hydrogen (secondary N) is 1. The molecule has 0 spiro atoms. The van der Waals surface area contributed by atoms with Crippen molar-refractivity contribution in [3.05, 3.63) is 29.6 Å². The molecule has 1 aromatic heterocycles. The monoisotopic (exact) mass is 260 g/mol. The van der Waals surface area contributed by atoms with Crippen molar-refractivity contribution in [1.82, 2.24) is 10.3 Å². The molecule has 0 saturated carbocycles. The van der Waals surface area contributed by atoms with Crippen LogP contribution in [-0.4, -0.2) is 10.9 Å². The van der Waals surface area contributed by atoms with Crippen LogP contribution in [0.4, 0.5) is 13.2 Å². The van der Waals surface area contributed by atoms with Gasteiger partial charge in [-0.25, -0.2) is 0 Å². The Kier molecular flexibility index (Phi) is 3.98. The largest absolute Gasteiger partial charge is 0.433 e. The minimum atomic E-state index is -4.44. The summed E-state index contributed by atoms with van der Waals surface area (Å²) in [6.07, 6.45) is -3.32. The molecule has 100 valence electrons. The zero-order valence-corrected chi connectivity index (χ0v) is 10.4. The Morgan fingerprint density at radius 1 is 1.28 bits per heavy atom. The van der Waals surface area contributed by atoms with Crippen molar-refractivity contribution >= 4 is 5.91 Å². The molecule has 1 amide bonds. The maximum Gasteiger partial charge on any atom is 0.433 e. The highest BCUT2D eigenvalue weighted by Crippen LogP contribution is 2.27. The summed E-state index contributed by atoms with van der Waals surface area (Å²) in [6, 6.07) is 2.21. The summed E-state index contributed by atoms with van der Waals surface area (Å²) >= 11 is 0. The van der Waals surface area contributed by atoms with E-state index in [1.54, 1.807) is 20.8 Å². The number of halogens is 3. The summed E-state index contributed by atoms with van der Waals surface area (Å²) in [5.41, 5.74) is -0.937. The molecule has 1 aromatic rings. The first kappa shape index (κ1) is 14.5. The molecule has 1 N–H and O–H groups in total. The fraction of sp³-hybridized carbons (Fsp3) is 0.500. The van der Waals surface area contributed by atoms with Crippen molar-refractivity contribution in [2.45, 2.75) is 33.5 Å². The van der Waals surface area contributed by atoms with Crippen LogP contribution in [0.5, 0.6) is 0 Å². The lowest BCUT2D eigenvalue weighted by atomic mass is 9.96. The molecule has 0 aromatic carbocycles. The second-order valence-corrected chi connectivity index (χ2v) is 4.98. The smallest absolute Gasteiger partial charge is 0.352 e. The Morgan fingerprint density at radius 3 is 2.28 bits per heavy atom. The summed E-state index contributed by atoms with van der Waals surface area (Å²) in [5, 5.41) is 2.64. The van der Waals surface area contributed by atoms with Crippen LogP contribution in [0.25, 0.3) is 0 Å². The van der Waals surface area contributed by atoms with Crippen LogP contribution in [0.1, 0.15) is 32.0 Å². The molecule has 0 bridgehead atoms. The number of hydrogen-bond acceptors (Lipinski definition) is 2. The molecule has 0 aliphatic rings. The highest BCUT2D eigenvalue weighted by molar-refractivity contribution is 5.81. The van der Waals surface area contributed by atoms with Crippen LogP contribution in [0, 0.1) is 5.41 Å². The van der Waals surface area contributed by atoms with Crippen LogP contribution in [0.2, 0.25) is 0 Å². The predicted octanol–water partition coefficient (Wildman–Crippen LogP) is 2.76. The van der Waals surface area contributed by atoms with Gasteiger partial charge < -0.3 is 5.32 Å². The fourth-order valence-electron chi connectivity index (χ4n) is 1.14. The summed E-state index contributed by atoms with van der Waals surface area (Å²) in [6.45, 7) is 5.44. The molecule has 1 heterocycles. The average Bonchev–Trinajstić information content (AvgIpc) is 2.24. The molecule has 0 saturated heterocycles. The highest BCUT2D eigenvalue weighted by atomic mass is 19.4. The van der Waals surface area contributed by atoms with E-state index < -0.39 is 17.3 Å². The molecule has 18 heavy (non-hydrogen) atoms. The Hall–Kier alpha value is -1.59. The van der Waals surface area contributed by atoms with Gasteiger partial charge in [-0.05, 0) is 11.6 Å². The van der Waals surface area contributed by atoms with Gasteiger partial charge in [0.1, 0.15) is 5.69 Å². The summed E-state index contributed by atoms with van der Waals surface area (Å²) in [7, 11) is 0. The average molecular weight is 260 g/mol. The molecular weight excluding hydrogens is 245 g/mol. The minimum Gasteiger partial charge on any atom is -0.352 e. The lowest BCUT2D eigenvalue weighted by Crippen LogP contribution is -2.34. The van der Waals surface area contributed by atoms with E-state index in [0.29, 0.717) is 5.56 Å². The first-order valence-corrected chi connectivity index (χ1v) is 5.41. The minimum absolute atomic E-state index is 0.164. The second kappa shape index (κ2) is 4.96. The van der Waals surface area contributed by atoms with E-state index in [4.69, 9.17) is 0 Å². The zero-order chi connectivity index (χ0) is 14.0. The lowest BCUT2D eigenvalue weighted by Gasteiger charge is -2.17. The van der Waals surface area contributed by atoms with Gasteiger partial charge in [0, 0.05) is 18.2 Å². The predicted molar refractivity (Wildman–Crippen MR) is 60.5 cm³/mol. The van der Waals surface area contributed by atoms with Gasteiger partial charge in [0.25, 0.3) is 0 Å². The van der Waals surface area contributed by atoms with Crippen LogP contribution in [0.15, 0.2) is 18.3 Å². The lowest BCUT2D eigenvalue weighted by molar-refractivity contribution is -0.141. The van der Waals surface area contributed by atoms with Crippen molar-refractivity contribution in [2.75, 3.05) is 0 Å². The van der Waals surface area contributed by atoms with E-state index in [2.05, 4.69) is 10.3 Å². The number of carbonyl (C=O) groups is 1. The summed E-state index contributed by atoms with van der Waals surface area (Å²) < 4.78 is 36.8. The Balaban J connectivity index is 2.63. The van der Waals surface area contributed by atoms with Gasteiger partial charge >= 0.3 is 6.18 Å². The molecule has 0 aliphatic heterocycles. The Labute approximate surface area is 103 Å². The third kappa shape index (κ3) is 4.01. The standard InChI is InChI=1S/C12H15F3N2O/c1-11(2,3)10(18)17-7-8-4-5-9(16-6-8)12(13,14)15/h4-6H,7H2,1-3H3,(H,17,18). The first-order chi connectivity index (χ1) is 8.10. The van der Waals surface area contributed by atoms with Gasteiger partial charge in [-0.2, -0.15) is 13.2 Å². The molecule has 0 unspecified atom stereocenters. The van der Waals surface area contributed by atoms with E-state index >= 15 is 0 Å². The zero-order valence-electron chi connectivity index (χ0n) is 10.4.